The summed E-state index contributed by atoms with van der Waals surface area (Å²) in [4.78, 5) is 16.7. The molecule has 0 bridgehead atoms. The molecule has 1 aliphatic heterocycles. The van der Waals surface area contributed by atoms with E-state index in [9.17, 15) is 4.79 Å². The van der Waals surface area contributed by atoms with Crippen LogP contribution >= 0.6 is 22.9 Å². The molecule has 0 atom stereocenters. The first-order valence-corrected chi connectivity index (χ1v) is 8.33. The van der Waals surface area contributed by atoms with Gasteiger partial charge >= 0.3 is 0 Å². The van der Waals surface area contributed by atoms with Crippen molar-refractivity contribution in [2.24, 2.45) is 0 Å². The van der Waals surface area contributed by atoms with Gasteiger partial charge in [0.05, 0.1) is 0 Å². The molecule has 5 heteroatoms. The highest BCUT2D eigenvalue weighted by atomic mass is 35.5. The number of nitrogens with zero attached hydrogens (tertiary/aromatic N) is 2. The molecule has 0 unspecified atom stereocenters. The van der Waals surface area contributed by atoms with Crippen LogP contribution in [0.4, 0.5) is 0 Å². The zero-order valence-electron chi connectivity index (χ0n) is 11.7. The third-order valence-corrected chi connectivity index (χ3v) is 4.68. The Balaban J connectivity index is 1.57. The number of carbonyl (C=O) groups excluding carboxylic acids is 1. The maximum atomic E-state index is 12.4. The summed E-state index contributed by atoms with van der Waals surface area (Å²) in [5, 5.41) is 4.90. The summed E-state index contributed by atoms with van der Waals surface area (Å²) in [6, 6.07) is 9.33. The lowest BCUT2D eigenvalue weighted by Crippen LogP contribution is -2.48. The van der Waals surface area contributed by atoms with Crippen LogP contribution in [0, 0.1) is 0 Å². The van der Waals surface area contributed by atoms with Crippen molar-refractivity contribution in [3.05, 3.63) is 57.2 Å². The minimum absolute atomic E-state index is 0.0766. The van der Waals surface area contributed by atoms with E-state index in [1.807, 2.05) is 17.0 Å². The van der Waals surface area contributed by atoms with E-state index >= 15 is 0 Å². The van der Waals surface area contributed by atoms with Crippen LogP contribution in [-0.4, -0.2) is 41.9 Å². The number of thiophene rings is 1. The van der Waals surface area contributed by atoms with Crippen molar-refractivity contribution in [3.8, 4) is 0 Å². The summed E-state index contributed by atoms with van der Waals surface area (Å²) < 4.78 is 0. The SMILES string of the molecule is O=C(c1cccc(Cl)c1)N1CCN(Cc2ccsc2)CC1. The summed E-state index contributed by atoms with van der Waals surface area (Å²) in [6.07, 6.45) is 0. The maximum absolute atomic E-state index is 12.4. The summed E-state index contributed by atoms with van der Waals surface area (Å²) in [6.45, 7) is 4.36. The van der Waals surface area contributed by atoms with Crippen LogP contribution < -0.4 is 0 Å². The number of carbonyl (C=O) groups is 1. The van der Waals surface area contributed by atoms with Gasteiger partial charge in [-0.25, -0.2) is 0 Å². The lowest BCUT2D eigenvalue weighted by Gasteiger charge is -2.34. The van der Waals surface area contributed by atoms with E-state index in [0.29, 0.717) is 10.6 Å². The molecular weight excluding hydrogens is 304 g/mol. The molecule has 2 heterocycles. The molecule has 0 N–H and O–H groups in total. The molecule has 0 spiro atoms. The molecule has 1 aromatic carbocycles. The molecule has 110 valence electrons. The lowest BCUT2D eigenvalue weighted by molar-refractivity contribution is 0.0628. The summed E-state index contributed by atoms with van der Waals surface area (Å²) in [5.41, 5.74) is 2.03. The Morgan fingerprint density at radius 1 is 1.19 bits per heavy atom. The van der Waals surface area contributed by atoms with E-state index < -0.39 is 0 Å². The highest BCUT2D eigenvalue weighted by Gasteiger charge is 2.22. The van der Waals surface area contributed by atoms with Gasteiger partial charge in [-0.2, -0.15) is 11.3 Å². The fourth-order valence-electron chi connectivity index (χ4n) is 2.55. The molecular formula is C16H17ClN2OS. The highest BCUT2D eigenvalue weighted by molar-refractivity contribution is 7.07. The Morgan fingerprint density at radius 2 is 2.00 bits per heavy atom. The predicted molar refractivity (Wildman–Crippen MR) is 87.0 cm³/mol. The Kier molecular flexibility index (Phi) is 4.58. The van der Waals surface area contributed by atoms with Crippen molar-refractivity contribution in [2.75, 3.05) is 26.2 Å². The molecule has 0 radical (unpaired) electrons. The second-order valence-corrected chi connectivity index (χ2v) is 6.43. The monoisotopic (exact) mass is 320 g/mol. The second-order valence-electron chi connectivity index (χ2n) is 5.21. The zero-order valence-corrected chi connectivity index (χ0v) is 13.2. The van der Waals surface area contributed by atoms with Crippen LogP contribution in [0.3, 0.4) is 0 Å². The summed E-state index contributed by atoms with van der Waals surface area (Å²) in [5.74, 6) is 0.0766. The Bertz CT molecular complexity index is 606. The standard InChI is InChI=1S/C16H17ClN2OS/c17-15-3-1-2-14(10-15)16(20)19-7-5-18(6-8-19)11-13-4-9-21-12-13/h1-4,9-10,12H,5-8,11H2. The first-order valence-electron chi connectivity index (χ1n) is 7.00. The molecule has 3 nitrogen and oxygen atoms in total. The zero-order chi connectivity index (χ0) is 14.7. The third kappa shape index (κ3) is 3.64. The van der Waals surface area contributed by atoms with Crippen LogP contribution in [0.1, 0.15) is 15.9 Å². The van der Waals surface area contributed by atoms with Crippen LogP contribution in [0.2, 0.25) is 5.02 Å². The first-order chi connectivity index (χ1) is 10.2. The average molecular weight is 321 g/mol. The predicted octanol–water partition coefficient (Wildman–Crippen LogP) is 3.36. The Morgan fingerprint density at radius 3 is 2.67 bits per heavy atom. The lowest BCUT2D eigenvalue weighted by atomic mass is 10.1. The van der Waals surface area contributed by atoms with Crippen molar-refractivity contribution in [1.29, 1.82) is 0 Å². The Hall–Kier alpha value is -1.36. The third-order valence-electron chi connectivity index (χ3n) is 3.72. The van der Waals surface area contributed by atoms with Crippen LogP contribution in [0.5, 0.6) is 0 Å². The first kappa shape index (κ1) is 14.6. The number of piperazine rings is 1. The van der Waals surface area contributed by atoms with Gasteiger partial charge in [-0.1, -0.05) is 17.7 Å². The van der Waals surface area contributed by atoms with Gasteiger partial charge in [-0.05, 0) is 40.6 Å². The maximum Gasteiger partial charge on any atom is 0.253 e. The number of halogens is 1. The molecule has 1 fully saturated rings. The number of amides is 1. The van der Waals surface area contributed by atoms with Crippen molar-refractivity contribution >= 4 is 28.8 Å². The highest BCUT2D eigenvalue weighted by Crippen LogP contribution is 2.15. The van der Waals surface area contributed by atoms with E-state index in [2.05, 4.69) is 21.7 Å². The molecule has 21 heavy (non-hydrogen) atoms. The van der Waals surface area contributed by atoms with E-state index in [0.717, 1.165) is 32.7 Å². The van der Waals surface area contributed by atoms with Crippen LogP contribution in [0.25, 0.3) is 0 Å². The Labute approximate surface area is 133 Å². The van der Waals surface area contributed by atoms with Crippen molar-refractivity contribution in [2.45, 2.75) is 6.54 Å². The van der Waals surface area contributed by atoms with Gasteiger partial charge in [0.15, 0.2) is 0 Å². The van der Waals surface area contributed by atoms with E-state index in [-0.39, 0.29) is 5.91 Å². The molecule has 1 amide bonds. The number of hydrogen-bond acceptors (Lipinski definition) is 3. The molecule has 0 saturated carbocycles. The van der Waals surface area contributed by atoms with Gasteiger partial charge in [-0.15, -0.1) is 0 Å². The number of rotatable bonds is 3. The molecule has 2 aromatic rings. The van der Waals surface area contributed by atoms with Crippen molar-refractivity contribution < 1.29 is 4.79 Å². The minimum atomic E-state index is 0.0766. The van der Waals surface area contributed by atoms with Crippen LogP contribution in [0.15, 0.2) is 41.1 Å². The van der Waals surface area contributed by atoms with E-state index in [1.165, 1.54) is 5.56 Å². The molecule has 1 aliphatic rings. The topological polar surface area (TPSA) is 23.6 Å². The summed E-state index contributed by atoms with van der Waals surface area (Å²) >= 11 is 7.68. The normalized spacial score (nSPS) is 16.1. The quantitative estimate of drug-likeness (QED) is 0.865. The van der Waals surface area contributed by atoms with Crippen molar-refractivity contribution in [3.63, 3.8) is 0 Å². The fourth-order valence-corrected chi connectivity index (χ4v) is 3.40. The van der Waals surface area contributed by atoms with Gasteiger partial charge < -0.3 is 4.90 Å². The smallest absolute Gasteiger partial charge is 0.253 e. The van der Waals surface area contributed by atoms with E-state index in [4.69, 9.17) is 11.6 Å². The van der Waals surface area contributed by atoms with Crippen LogP contribution in [-0.2, 0) is 6.54 Å². The van der Waals surface area contributed by atoms with Gasteiger partial charge in [-0.3, -0.25) is 9.69 Å². The van der Waals surface area contributed by atoms with Gasteiger partial charge in [0.2, 0.25) is 0 Å². The summed E-state index contributed by atoms with van der Waals surface area (Å²) in [7, 11) is 0. The average Bonchev–Trinajstić information content (AvgIpc) is 3.00. The van der Waals surface area contributed by atoms with Gasteiger partial charge in [0, 0.05) is 43.3 Å². The fraction of sp³-hybridized carbons (Fsp3) is 0.312. The van der Waals surface area contributed by atoms with Crippen molar-refractivity contribution in [1.82, 2.24) is 9.80 Å². The number of benzene rings is 1. The van der Waals surface area contributed by atoms with Gasteiger partial charge in [0.1, 0.15) is 0 Å². The second kappa shape index (κ2) is 6.60. The molecule has 1 saturated heterocycles. The largest absolute Gasteiger partial charge is 0.336 e. The molecule has 0 aliphatic carbocycles. The van der Waals surface area contributed by atoms with Gasteiger partial charge in [0.25, 0.3) is 5.91 Å². The van der Waals surface area contributed by atoms with E-state index in [1.54, 1.807) is 23.5 Å². The number of hydrogen-bond donors (Lipinski definition) is 0. The molecule has 1 aromatic heterocycles. The molecule has 3 rings (SSSR count). The minimum Gasteiger partial charge on any atom is -0.336 e.